The Morgan fingerprint density at radius 2 is 2.20 bits per heavy atom. The van der Waals surface area contributed by atoms with Gasteiger partial charge < -0.3 is 9.84 Å². The van der Waals surface area contributed by atoms with Gasteiger partial charge in [-0.2, -0.15) is 0 Å². The van der Waals surface area contributed by atoms with Crippen molar-refractivity contribution in [3.8, 4) is 0 Å². The van der Waals surface area contributed by atoms with E-state index in [1.807, 2.05) is 24.3 Å². The maximum atomic E-state index is 9.80. The van der Waals surface area contributed by atoms with E-state index >= 15 is 0 Å². The van der Waals surface area contributed by atoms with Gasteiger partial charge in [0.2, 0.25) is 0 Å². The highest BCUT2D eigenvalue weighted by atomic mass is 35.5. The molecule has 0 amide bonds. The fourth-order valence-corrected chi connectivity index (χ4v) is 2.14. The third-order valence-electron chi connectivity index (χ3n) is 2.87. The minimum atomic E-state index is -0.255. The van der Waals surface area contributed by atoms with Gasteiger partial charge in [-0.05, 0) is 24.5 Å². The van der Waals surface area contributed by atoms with Crippen LogP contribution in [0.2, 0.25) is 5.02 Å². The number of halogens is 1. The molecule has 0 radical (unpaired) electrons. The Morgan fingerprint density at radius 1 is 1.40 bits per heavy atom. The van der Waals surface area contributed by atoms with Crippen molar-refractivity contribution in [2.24, 2.45) is 5.92 Å². The average molecular weight is 227 g/mol. The number of ether oxygens (including phenoxy) is 1. The van der Waals surface area contributed by atoms with E-state index in [-0.39, 0.29) is 12.0 Å². The molecule has 0 saturated carbocycles. The lowest BCUT2D eigenvalue weighted by Gasteiger charge is -2.27. The van der Waals surface area contributed by atoms with Crippen LogP contribution in [0.5, 0.6) is 0 Å². The van der Waals surface area contributed by atoms with E-state index in [9.17, 15) is 5.11 Å². The molecule has 1 aromatic carbocycles. The zero-order valence-electron chi connectivity index (χ0n) is 8.53. The Labute approximate surface area is 94.8 Å². The molecule has 0 aromatic heterocycles. The topological polar surface area (TPSA) is 29.5 Å². The van der Waals surface area contributed by atoms with Crippen LogP contribution in [0.1, 0.15) is 12.0 Å². The summed E-state index contributed by atoms with van der Waals surface area (Å²) in [7, 11) is 0. The summed E-state index contributed by atoms with van der Waals surface area (Å²) in [6.07, 6.45) is 1.27. The first-order valence-corrected chi connectivity index (χ1v) is 5.64. The van der Waals surface area contributed by atoms with E-state index in [1.54, 1.807) is 0 Å². The standard InChI is InChI=1S/C12H15ClO2/c13-11-4-2-1-3-9(11)7-10-8-15-6-5-12(10)14/h1-4,10,12,14H,5-8H2/t10-,12-/m0/s1. The zero-order valence-corrected chi connectivity index (χ0v) is 9.28. The zero-order chi connectivity index (χ0) is 10.7. The number of hydrogen-bond acceptors (Lipinski definition) is 2. The van der Waals surface area contributed by atoms with Crippen molar-refractivity contribution in [1.82, 2.24) is 0 Å². The van der Waals surface area contributed by atoms with Crippen molar-refractivity contribution in [2.45, 2.75) is 18.9 Å². The second kappa shape index (κ2) is 4.97. The number of aliphatic hydroxyl groups is 1. The molecule has 0 aliphatic carbocycles. The highest BCUT2D eigenvalue weighted by Crippen LogP contribution is 2.23. The van der Waals surface area contributed by atoms with E-state index in [1.165, 1.54) is 0 Å². The highest BCUT2D eigenvalue weighted by molar-refractivity contribution is 6.31. The van der Waals surface area contributed by atoms with Gasteiger partial charge in [-0.15, -0.1) is 0 Å². The van der Waals surface area contributed by atoms with E-state index < -0.39 is 0 Å². The minimum Gasteiger partial charge on any atom is -0.393 e. The molecule has 1 aliphatic heterocycles. The molecule has 1 fully saturated rings. The van der Waals surface area contributed by atoms with Crippen LogP contribution in [0.25, 0.3) is 0 Å². The van der Waals surface area contributed by atoms with Crippen molar-refractivity contribution in [2.75, 3.05) is 13.2 Å². The monoisotopic (exact) mass is 226 g/mol. The molecule has 2 nitrogen and oxygen atoms in total. The number of aliphatic hydroxyl groups excluding tert-OH is 1. The summed E-state index contributed by atoms with van der Waals surface area (Å²) in [5.41, 5.74) is 1.09. The maximum Gasteiger partial charge on any atom is 0.0615 e. The van der Waals surface area contributed by atoms with Gasteiger partial charge in [0.15, 0.2) is 0 Å². The third-order valence-corrected chi connectivity index (χ3v) is 3.24. The second-order valence-electron chi connectivity index (χ2n) is 3.99. The quantitative estimate of drug-likeness (QED) is 0.839. The van der Waals surface area contributed by atoms with Crippen LogP contribution in [-0.4, -0.2) is 24.4 Å². The van der Waals surface area contributed by atoms with Gasteiger partial charge in [-0.25, -0.2) is 0 Å². The van der Waals surface area contributed by atoms with Crippen molar-refractivity contribution in [3.05, 3.63) is 34.9 Å². The highest BCUT2D eigenvalue weighted by Gasteiger charge is 2.24. The van der Waals surface area contributed by atoms with Gasteiger partial charge in [-0.3, -0.25) is 0 Å². The number of rotatable bonds is 2. The van der Waals surface area contributed by atoms with Gasteiger partial charge in [0.25, 0.3) is 0 Å². The van der Waals surface area contributed by atoms with E-state index in [4.69, 9.17) is 16.3 Å². The predicted molar refractivity (Wildman–Crippen MR) is 60.1 cm³/mol. The first-order valence-electron chi connectivity index (χ1n) is 5.26. The van der Waals surface area contributed by atoms with Crippen LogP contribution < -0.4 is 0 Å². The first kappa shape index (κ1) is 10.9. The molecule has 1 aromatic rings. The largest absolute Gasteiger partial charge is 0.393 e. The normalized spacial score (nSPS) is 26.5. The molecular formula is C12H15ClO2. The SMILES string of the molecule is O[C@H]1CCOC[C@@H]1Cc1ccccc1Cl. The fourth-order valence-electron chi connectivity index (χ4n) is 1.93. The van der Waals surface area contributed by atoms with Gasteiger partial charge in [0, 0.05) is 17.5 Å². The summed E-state index contributed by atoms with van der Waals surface area (Å²) in [6.45, 7) is 1.30. The summed E-state index contributed by atoms with van der Waals surface area (Å²) < 4.78 is 5.36. The second-order valence-corrected chi connectivity index (χ2v) is 4.39. The van der Waals surface area contributed by atoms with Gasteiger partial charge in [0.1, 0.15) is 0 Å². The molecule has 1 heterocycles. The van der Waals surface area contributed by atoms with Crippen molar-refractivity contribution in [1.29, 1.82) is 0 Å². The molecule has 0 spiro atoms. The summed E-state index contributed by atoms with van der Waals surface area (Å²) in [4.78, 5) is 0. The smallest absolute Gasteiger partial charge is 0.0615 e. The summed E-state index contributed by atoms with van der Waals surface area (Å²) in [5, 5.41) is 10.6. The Hall–Kier alpha value is -0.570. The van der Waals surface area contributed by atoms with Crippen LogP contribution in [-0.2, 0) is 11.2 Å². The Balaban J connectivity index is 2.04. The van der Waals surface area contributed by atoms with Crippen LogP contribution in [0.15, 0.2) is 24.3 Å². The van der Waals surface area contributed by atoms with Crippen LogP contribution in [0, 0.1) is 5.92 Å². The van der Waals surface area contributed by atoms with Crippen LogP contribution in [0.3, 0.4) is 0 Å². The Morgan fingerprint density at radius 3 is 2.93 bits per heavy atom. The van der Waals surface area contributed by atoms with Crippen molar-refractivity contribution < 1.29 is 9.84 Å². The first-order chi connectivity index (χ1) is 7.27. The van der Waals surface area contributed by atoms with E-state index in [0.29, 0.717) is 13.2 Å². The number of benzene rings is 1. The number of hydrogen-bond donors (Lipinski definition) is 1. The molecule has 1 N–H and O–H groups in total. The molecule has 1 aliphatic rings. The summed E-state index contributed by atoms with van der Waals surface area (Å²) in [5.74, 6) is 0.179. The predicted octanol–water partition coefficient (Wildman–Crippen LogP) is 2.28. The molecule has 82 valence electrons. The molecule has 2 atom stereocenters. The van der Waals surface area contributed by atoms with E-state index in [2.05, 4.69) is 0 Å². The van der Waals surface area contributed by atoms with Gasteiger partial charge >= 0.3 is 0 Å². The third kappa shape index (κ3) is 2.71. The molecule has 0 unspecified atom stereocenters. The van der Waals surface area contributed by atoms with Gasteiger partial charge in [-0.1, -0.05) is 29.8 Å². The van der Waals surface area contributed by atoms with Crippen molar-refractivity contribution >= 4 is 11.6 Å². The fraction of sp³-hybridized carbons (Fsp3) is 0.500. The summed E-state index contributed by atoms with van der Waals surface area (Å²) in [6, 6.07) is 7.77. The van der Waals surface area contributed by atoms with E-state index in [0.717, 1.165) is 23.4 Å². The lowest BCUT2D eigenvalue weighted by Crippen LogP contribution is -2.33. The van der Waals surface area contributed by atoms with Gasteiger partial charge in [0.05, 0.1) is 12.7 Å². The van der Waals surface area contributed by atoms with Crippen molar-refractivity contribution in [3.63, 3.8) is 0 Å². The average Bonchev–Trinajstić information content (AvgIpc) is 2.24. The lowest BCUT2D eigenvalue weighted by molar-refractivity contribution is -0.0350. The lowest BCUT2D eigenvalue weighted by atomic mass is 9.91. The Bertz CT molecular complexity index is 327. The maximum absolute atomic E-state index is 9.80. The molecule has 15 heavy (non-hydrogen) atoms. The minimum absolute atomic E-state index is 0.179. The molecule has 0 bridgehead atoms. The molecule has 3 heteroatoms. The molecule has 2 rings (SSSR count). The van der Waals surface area contributed by atoms with Crippen LogP contribution >= 0.6 is 11.6 Å². The summed E-state index contributed by atoms with van der Waals surface area (Å²) >= 11 is 6.07. The molecular weight excluding hydrogens is 212 g/mol. The molecule has 1 saturated heterocycles. The Kier molecular flexibility index (Phi) is 3.62. The van der Waals surface area contributed by atoms with Crippen LogP contribution in [0.4, 0.5) is 0 Å².